The number of rotatable bonds is 8. The number of hydrogen-bond donors (Lipinski definition) is 0. The van der Waals surface area contributed by atoms with Crippen LogP contribution in [0, 0.1) is 5.92 Å². The lowest BCUT2D eigenvalue weighted by atomic mass is 10.0. The third kappa shape index (κ3) is 6.04. The van der Waals surface area contributed by atoms with Crippen molar-refractivity contribution in [3.63, 3.8) is 0 Å². The maximum Gasteiger partial charge on any atom is 0.152 e. The van der Waals surface area contributed by atoms with Gasteiger partial charge in [0.25, 0.3) is 0 Å². The van der Waals surface area contributed by atoms with Crippen molar-refractivity contribution < 1.29 is 9.53 Å². The van der Waals surface area contributed by atoms with E-state index in [0.717, 1.165) is 41.4 Å². The van der Waals surface area contributed by atoms with Crippen LogP contribution < -0.4 is 4.74 Å². The van der Waals surface area contributed by atoms with Crippen molar-refractivity contribution in [3.05, 3.63) is 60.2 Å². The number of allylic oxidation sites excluding steroid dienone is 1. The summed E-state index contributed by atoms with van der Waals surface area (Å²) < 4.78 is 5.78. The van der Waals surface area contributed by atoms with Crippen LogP contribution in [0.2, 0.25) is 0 Å². The Kier molecular flexibility index (Phi) is 6.80. The first-order chi connectivity index (χ1) is 11.5. The fourth-order valence-electron chi connectivity index (χ4n) is 2.43. The highest BCUT2D eigenvalue weighted by molar-refractivity contribution is 5.91. The summed E-state index contributed by atoms with van der Waals surface area (Å²) in [5.41, 5.74) is 3.34. The lowest BCUT2D eigenvalue weighted by molar-refractivity contribution is -0.112. The molecule has 2 rings (SSSR count). The van der Waals surface area contributed by atoms with Crippen molar-refractivity contribution in [2.45, 2.75) is 33.6 Å². The molecule has 0 bridgehead atoms. The molecule has 0 radical (unpaired) electrons. The fourth-order valence-corrected chi connectivity index (χ4v) is 2.43. The zero-order valence-electron chi connectivity index (χ0n) is 14.8. The van der Waals surface area contributed by atoms with E-state index in [0.29, 0.717) is 0 Å². The fraction of sp³-hybridized carbons (Fsp3) is 0.318. The van der Waals surface area contributed by atoms with E-state index >= 15 is 0 Å². The quantitative estimate of drug-likeness (QED) is 0.455. The summed E-state index contributed by atoms with van der Waals surface area (Å²) in [6, 6.07) is 16.4. The van der Waals surface area contributed by atoms with Crippen LogP contribution in [0.15, 0.2) is 54.6 Å². The monoisotopic (exact) mass is 322 g/mol. The molecule has 0 unspecified atom stereocenters. The first kappa shape index (κ1) is 18.0. The summed E-state index contributed by atoms with van der Waals surface area (Å²) in [6.07, 6.45) is 5.71. The minimum Gasteiger partial charge on any atom is -0.494 e. The Labute approximate surface area is 145 Å². The first-order valence-corrected chi connectivity index (χ1v) is 8.56. The largest absolute Gasteiger partial charge is 0.494 e. The molecule has 0 N–H and O–H groups in total. The second-order valence-corrected chi connectivity index (χ2v) is 6.47. The van der Waals surface area contributed by atoms with E-state index in [9.17, 15) is 4.79 Å². The van der Waals surface area contributed by atoms with E-state index in [1.54, 1.807) is 13.0 Å². The first-order valence-electron chi connectivity index (χ1n) is 8.56. The smallest absolute Gasteiger partial charge is 0.152 e. The van der Waals surface area contributed by atoms with Gasteiger partial charge >= 0.3 is 0 Å². The van der Waals surface area contributed by atoms with E-state index in [4.69, 9.17) is 4.74 Å². The molecule has 0 aliphatic heterocycles. The predicted molar refractivity (Wildman–Crippen MR) is 101 cm³/mol. The van der Waals surface area contributed by atoms with E-state index in [2.05, 4.69) is 38.1 Å². The van der Waals surface area contributed by atoms with Crippen LogP contribution >= 0.6 is 0 Å². The molecule has 2 nitrogen and oxygen atoms in total. The van der Waals surface area contributed by atoms with Gasteiger partial charge in [-0.3, -0.25) is 4.79 Å². The van der Waals surface area contributed by atoms with Crippen LogP contribution in [0.25, 0.3) is 17.2 Å². The highest BCUT2D eigenvalue weighted by atomic mass is 16.5. The van der Waals surface area contributed by atoms with Gasteiger partial charge in [-0.2, -0.15) is 0 Å². The van der Waals surface area contributed by atoms with Gasteiger partial charge in [0.05, 0.1) is 6.61 Å². The molecule has 0 aliphatic rings. The molecule has 0 fully saturated rings. The van der Waals surface area contributed by atoms with Crippen LogP contribution in [-0.4, -0.2) is 12.4 Å². The number of hydrogen-bond acceptors (Lipinski definition) is 2. The van der Waals surface area contributed by atoms with E-state index in [1.807, 2.05) is 30.3 Å². The number of benzene rings is 2. The highest BCUT2D eigenvalue weighted by Crippen LogP contribution is 2.23. The molecule has 0 atom stereocenters. The van der Waals surface area contributed by atoms with Crippen LogP contribution in [0.5, 0.6) is 5.75 Å². The van der Waals surface area contributed by atoms with E-state index in [1.165, 1.54) is 6.42 Å². The Morgan fingerprint density at radius 3 is 2.12 bits per heavy atom. The van der Waals surface area contributed by atoms with Gasteiger partial charge in [0.1, 0.15) is 5.75 Å². The topological polar surface area (TPSA) is 26.3 Å². The molecule has 0 saturated carbocycles. The summed E-state index contributed by atoms with van der Waals surface area (Å²) in [5.74, 6) is 1.70. The number of carbonyl (C=O) groups is 1. The third-order valence-electron chi connectivity index (χ3n) is 3.80. The zero-order valence-corrected chi connectivity index (χ0v) is 14.8. The van der Waals surface area contributed by atoms with Crippen molar-refractivity contribution in [2.24, 2.45) is 5.92 Å². The third-order valence-corrected chi connectivity index (χ3v) is 3.80. The van der Waals surface area contributed by atoms with Crippen molar-refractivity contribution in [2.75, 3.05) is 6.61 Å². The maximum atomic E-state index is 11.0. The van der Waals surface area contributed by atoms with Gasteiger partial charge < -0.3 is 4.74 Å². The predicted octanol–water partition coefficient (Wildman–Crippen LogP) is 5.77. The van der Waals surface area contributed by atoms with Gasteiger partial charge in [-0.15, -0.1) is 0 Å². The second-order valence-electron chi connectivity index (χ2n) is 6.47. The zero-order chi connectivity index (χ0) is 17.4. The van der Waals surface area contributed by atoms with Crippen LogP contribution in [0.1, 0.15) is 39.2 Å². The minimum absolute atomic E-state index is 0.0584. The summed E-state index contributed by atoms with van der Waals surface area (Å²) in [4.78, 5) is 11.0. The minimum atomic E-state index is 0.0584. The average molecular weight is 322 g/mol. The molecule has 24 heavy (non-hydrogen) atoms. The Hall–Kier alpha value is -2.35. The van der Waals surface area contributed by atoms with Crippen molar-refractivity contribution >= 4 is 11.9 Å². The number of carbonyl (C=O) groups excluding carboxylic acids is 1. The molecule has 2 aromatic rings. The van der Waals surface area contributed by atoms with Gasteiger partial charge in [0, 0.05) is 0 Å². The van der Waals surface area contributed by atoms with Gasteiger partial charge in [0.15, 0.2) is 5.78 Å². The molecule has 0 aromatic heterocycles. The Bertz CT molecular complexity index is 664. The van der Waals surface area contributed by atoms with Crippen molar-refractivity contribution in [1.82, 2.24) is 0 Å². The maximum absolute atomic E-state index is 11.0. The van der Waals surface area contributed by atoms with Gasteiger partial charge in [-0.25, -0.2) is 0 Å². The Balaban J connectivity index is 1.94. The SMILES string of the molecule is CC(=O)/C=C/c1ccc(-c2ccc(OCCCC(C)C)cc2)cc1. The molecule has 0 saturated heterocycles. The molecule has 0 amide bonds. The van der Waals surface area contributed by atoms with E-state index in [-0.39, 0.29) is 5.78 Å². The number of ether oxygens (including phenoxy) is 1. The van der Waals surface area contributed by atoms with E-state index < -0.39 is 0 Å². The van der Waals surface area contributed by atoms with Gasteiger partial charge in [-0.1, -0.05) is 56.3 Å². The van der Waals surface area contributed by atoms with Crippen molar-refractivity contribution in [3.8, 4) is 16.9 Å². The second kappa shape index (κ2) is 9.07. The van der Waals surface area contributed by atoms with Crippen molar-refractivity contribution in [1.29, 1.82) is 0 Å². The Morgan fingerprint density at radius 2 is 1.58 bits per heavy atom. The molecule has 0 spiro atoms. The summed E-state index contributed by atoms with van der Waals surface area (Å²) in [6.45, 7) is 6.79. The molecular formula is C22H26O2. The lowest BCUT2D eigenvalue weighted by Gasteiger charge is -2.09. The summed E-state index contributed by atoms with van der Waals surface area (Å²) >= 11 is 0. The molecule has 0 heterocycles. The molecule has 0 aliphatic carbocycles. The normalized spacial score (nSPS) is 11.2. The standard InChI is InChI=1S/C22H26O2/c1-17(2)5-4-16-24-22-14-12-21(13-15-22)20-10-8-19(9-11-20)7-6-18(3)23/h6-15,17H,4-5,16H2,1-3H3/b7-6+. The molecular weight excluding hydrogens is 296 g/mol. The summed E-state index contributed by atoms with van der Waals surface area (Å²) in [7, 11) is 0. The molecule has 2 heteroatoms. The molecule has 2 aromatic carbocycles. The Morgan fingerprint density at radius 1 is 1.00 bits per heavy atom. The summed E-state index contributed by atoms with van der Waals surface area (Å²) in [5, 5.41) is 0. The highest BCUT2D eigenvalue weighted by Gasteiger charge is 2.00. The van der Waals surface area contributed by atoms with Gasteiger partial charge in [-0.05, 0) is 60.6 Å². The number of ketones is 1. The average Bonchev–Trinajstić information content (AvgIpc) is 2.58. The van der Waals surface area contributed by atoms with Gasteiger partial charge in [0.2, 0.25) is 0 Å². The molecule has 126 valence electrons. The van der Waals surface area contributed by atoms with Crippen LogP contribution in [0.3, 0.4) is 0 Å². The van der Waals surface area contributed by atoms with Crippen LogP contribution in [-0.2, 0) is 4.79 Å². The van der Waals surface area contributed by atoms with Crippen LogP contribution in [0.4, 0.5) is 0 Å². The lowest BCUT2D eigenvalue weighted by Crippen LogP contribution is -1.99.